The molecule has 1 aromatic carbocycles. The third-order valence-electron chi connectivity index (χ3n) is 2.17. The molecule has 0 radical (unpaired) electrons. The summed E-state index contributed by atoms with van der Waals surface area (Å²) in [6, 6.07) is 8.00. The lowest BCUT2D eigenvalue weighted by molar-refractivity contribution is 0.184. The largest absolute Gasteiger partial charge is 0.387 e. The first kappa shape index (κ1) is 9.26. The average Bonchev–Trinajstić information content (AvgIpc) is 2.64. The van der Waals surface area contributed by atoms with E-state index in [0.717, 1.165) is 5.56 Å². The fourth-order valence-electron chi connectivity index (χ4n) is 1.42. The minimum Gasteiger partial charge on any atom is -0.387 e. The first-order chi connectivity index (χ1) is 6.81. The second-order valence-electron chi connectivity index (χ2n) is 3.14. The molecule has 1 N–H and O–H groups in total. The molecule has 0 saturated carbocycles. The fraction of sp³-hybridized carbons (Fsp3) is 0.167. The van der Waals surface area contributed by atoms with Crippen LogP contribution in [-0.2, 0) is 0 Å². The lowest BCUT2D eigenvalue weighted by atomic mass is 10.1. The Kier molecular flexibility index (Phi) is 2.53. The summed E-state index contributed by atoms with van der Waals surface area (Å²) >= 11 is 1.70. The van der Waals surface area contributed by atoms with Gasteiger partial charge in [0, 0.05) is 11.1 Å². The summed E-state index contributed by atoms with van der Waals surface area (Å²) in [6.45, 7) is 0. The molecule has 14 heavy (non-hydrogen) atoms. The highest BCUT2D eigenvalue weighted by molar-refractivity contribution is 7.17. The fourth-order valence-corrected chi connectivity index (χ4v) is 2.19. The predicted octanol–water partition coefficient (Wildman–Crippen LogP) is 2.96. The van der Waals surface area contributed by atoms with Crippen LogP contribution in [0.2, 0.25) is 0 Å². The van der Waals surface area contributed by atoms with Gasteiger partial charge in [0.2, 0.25) is 0 Å². The molecule has 70 valence electrons. The van der Waals surface area contributed by atoms with Crippen molar-refractivity contribution in [3.8, 4) is 12.3 Å². The van der Waals surface area contributed by atoms with Gasteiger partial charge in [0.1, 0.15) is 0 Å². The maximum Gasteiger partial charge on any atom is 0.0899 e. The van der Waals surface area contributed by atoms with Crippen molar-refractivity contribution in [2.45, 2.75) is 12.5 Å². The van der Waals surface area contributed by atoms with Crippen molar-refractivity contribution in [3.63, 3.8) is 0 Å². The predicted molar refractivity (Wildman–Crippen MR) is 60.2 cm³/mol. The SMILES string of the molecule is C#CCC(O)c1ccc2sccc2c1. The van der Waals surface area contributed by atoms with Gasteiger partial charge in [-0.25, -0.2) is 0 Å². The highest BCUT2D eigenvalue weighted by Crippen LogP contribution is 2.25. The third-order valence-corrected chi connectivity index (χ3v) is 3.07. The van der Waals surface area contributed by atoms with E-state index in [2.05, 4.69) is 5.92 Å². The van der Waals surface area contributed by atoms with Gasteiger partial charge >= 0.3 is 0 Å². The molecule has 0 bridgehead atoms. The van der Waals surface area contributed by atoms with E-state index in [4.69, 9.17) is 6.42 Å². The van der Waals surface area contributed by atoms with E-state index in [-0.39, 0.29) is 0 Å². The molecule has 0 aliphatic carbocycles. The number of thiophene rings is 1. The van der Waals surface area contributed by atoms with E-state index in [0.29, 0.717) is 6.42 Å². The topological polar surface area (TPSA) is 20.2 Å². The van der Waals surface area contributed by atoms with Crippen molar-refractivity contribution in [1.29, 1.82) is 0 Å². The molecule has 0 fully saturated rings. The zero-order valence-electron chi connectivity index (χ0n) is 7.60. The maximum absolute atomic E-state index is 9.68. The van der Waals surface area contributed by atoms with Crippen molar-refractivity contribution in [3.05, 3.63) is 35.2 Å². The van der Waals surface area contributed by atoms with Gasteiger partial charge in [0.05, 0.1) is 6.10 Å². The number of hydrogen-bond donors (Lipinski definition) is 1. The number of terminal acetylenes is 1. The number of benzene rings is 1. The van der Waals surface area contributed by atoms with Crippen molar-refractivity contribution in [1.82, 2.24) is 0 Å². The van der Waals surface area contributed by atoms with Crippen molar-refractivity contribution in [2.24, 2.45) is 0 Å². The second-order valence-corrected chi connectivity index (χ2v) is 4.09. The Morgan fingerprint density at radius 1 is 1.43 bits per heavy atom. The zero-order chi connectivity index (χ0) is 9.97. The monoisotopic (exact) mass is 202 g/mol. The number of aliphatic hydroxyl groups is 1. The molecule has 1 aromatic heterocycles. The van der Waals surface area contributed by atoms with Crippen LogP contribution in [0.15, 0.2) is 29.6 Å². The summed E-state index contributed by atoms with van der Waals surface area (Å²) in [5, 5.41) is 12.9. The number of hydrogen-bond acceptors (Lipinski definition) is 2. The quantitative estimate of drug-likeness (QED) is 0.742. The third kappa shape index (κ3) is 1.65. The highest BCUT2D eigenvalue weighted by Gasteiger charge is 2.06. The van der Waals surface area contributed by atoms with Gasteiger partial charge in [-0.15, -0.1) is 23.7 Å². The van der Waals surface area contributed by atoms with Gasteiger partial charge in [0.15, 0.2) is 0 Å². The Morgan fingerprint density at radius 2 is 2.29 bits per heavy atom. The lowest BCUT2D eigenvalue weighted by Gasteiger charge is -2.06. The van der Waals surface area contributed by atoms with Gasteiger partial charge < -0.3 is 5.11 Å². The Bertz CT molecular complexity index is 478. The van der Waals surface area contributed by atoms with E-state index >= 15 is 0 Å². The smallest absolute Gasteiger partial charge is 0.0899 e. The van der Waals surface area contributed by atoms with Crippen LogP contribution >= 0.6 is 11.3 Å². The average molecular weight is 202 g/mol. The Balaban J connectivity index is 2.39. The maximum atomic E-state index is 9.68. The lowest BCUT2D eigenvalue weighted by Crippen LogP contribution is -1.94. The Labute approximate surface area is 87.0 Å². The summed E-state index contributed by atoms with van der Waals surface area (Å²) in [5.74, 6) is 2.46. The molecule has 1 atom stereocenters. The molecule has 0 aliphatic rings. The first-order valence-electron chi connectivity index (χ1n) is 4.40. The van der Waals surface area contributed by atoms with E-state index in [1.807, 2.05) is 29.6 Å². The van der Waals surface area contributed by atoms with Crippen LogP contribution in [-0.4, -0.2) is 5.11 Å². The number of fused-ring (bicyclic) bond motifs is 1. The van der Waals surface area contributed by atoms with Gasteiger partial charge in [-0.3, -0.25) is 0 Å². The van der Waals surface area contributed by atoms with Crippen LogP contribution in [0.5, 0.6) is 0 Å². The Morgan fingerprint density at radius 3 is 3.07 bits per heavy atom. The van der Waals surface area contributed by atoms with Crippen molar-refractivity contribution in [2.75, 3.05) is 0 Å². The number of rotatable bonds is 2. The molecular formula is C12H10OS. The van der Waals surface area contributed by atoms with Gasteiger partial charge in [-0.1, -0.05) is 6.07 Å². The summed E-state index contributed by atoms with van der Waals surface area (Å²) < 4.78 is 1.24. The van der Waals surface area contributed by atoms with Crippen LogP contribution in [0.25, 0.3) is 10.1 Å². The van der Waals surface area contributed by atoms with E-state index in [9.17, 15) is 5.11 Å². The minimum absolute atomic E-state index is 0.371. The van der Waals surface area contributed by atoms with Crippen LogP contribution in [0, 0.1) is 12.3 Å². The molecule has 2 aromatic rings. The first-order valence-corrected chi connectivity index (χ1v) is 5.28. The molecular weight excluding hydrogens is 192 g/mol. The van der Waals surface area contributed by atoms with Crippen LogP contribution in [0.4, 0.5) is 0 Å². The summed E-state index contributed by atoms with van der Waals surface area (Å²) in [7, 11) is 0. The normalized spacial score (nSPS) is 12.6. The summed E-state index contributed by atoms with van der Waals surface area (Å²) in [6.07, 6.45) is 4.98. The molecule has 1 unspecified atom stereocenters. The molecule has 2 heteroatoms. The van der Waals surface area contributed by atoms with Gasteiger partial charge in [-0.2, -0.15) is 0 Å². The number of aliphatic hydroxyl groups excluding tert-OH is 1. The van der Waals surface area contributed by atoms with E-state index in [1.165, 1.54) is 10.1 Å². The van der Waals surface area contributed by atoms with Crippen LogP contribution < -0.4 is 0 Å². The standard InChI is InChI=1S/C12H10OS/c1-2-3-11(13)9-4-5-12-10(8-9)6-7-14-12/h1,4-8,11,13H,3H2. The molecule has 0 amide bonds. The second kappa shape index (κ2) is 3.83. The molecule has 0 spiro atoms. The summed E-state index contributed by atoms with van der Waals surface area (Å²) in [5.41, 5.74) is 0.897. The zero-order valence-corrected chi connectivity index (χ0v) is 8.42. The molecule has 0 aliphatic heterocycles. The molecule has 1 heterocycles. The van der Waals surface area contributed by atoms with Gasteiger partial charge in [-0.05, 0) is 34.5 Å². The molecule has 0 saturated heterocycles. The van der Waals surface area contributed by atoms with Crippen molar-refractivity contribution >= 4 is 21.4 Å². The minimum atomic E-state index is -0.538. The summed E-state index contributed by atoms with van der Waals surface area (Å²) in [4.78, 5) is 0. The molecule has 2 rings (SSSR count). The van der Waals surface area contributed by atoms with E-state index < -0.39 is 6.10 Å². The van der Waals surface area contributed by atoms with Crippen LogP contribution in [0.1, 0.15) is 18.1 Å². The van der Waals surface area contributed by atoms with E-state index in [1.54, 1.807) is 11.3 Å². The Hall–Kier alpha value is -1.30. The van der Waals surface area contributed by atoms with Gasteiger partial charge in [0.25, 0.3) is 0 Å². The van der Waals surface area contributed by atoms with Crippen molar-refractivity contribution < 1.29 is 5.11 Å². The van der Waals surface area contributed by atoms with Crippen LogP contribution in [0.3, 0.4) is 0 Å². The highest BCUT2D eigenvalue weighted by atomic mass is 32.1. The molecule has 1 nitrogen and oxygen atoms in total.